The first kappa shape index (κ1) is 26.3. The maximum Gasteiger partial charge on any atom is 0.471 e. The standard InChI is InChI=1S/C22H23F3N4O5/c1-5-6-16(28-20(31)34-21(2,3)4)18-11-13(9-10-26-18)15-8-7-14(29(32)33)12-17(15)27-19(30)22(23,24)25/h5,7-12,16H,1,6H2,2-4H3,(H,27,30)(H,28,31)/t16-/m0/s1. The van der Waals surface area contributed by atoms with Crippen LogP contribution in [0.1, 0.15) is 38.9 Å². The number of nitro groups is 1. The van der Waals surface area contributed by atoms with Crippen molar-refractivity contribution >= 4 is 23.4 Å². The lowest BCUT2D eigenvalue weighted by atomic mass is 10.0. The van der Waals surface area contributed by atoms with Crippen molar-refractivity contribution in [3.8, 4) is 11.1 Å². The molecule has 0 radical (unpaired) electrons. The van der Waals surface area contributed by atoms with Crippen LogP contribution in [0.5, 0.6) is 0 Å². The molecule has 0 bridgehead atoms. The van der Waals surface area contributed by atoms with Crippen LogP contribution in [0.25, 0.3) is 11.1 Å². The maximum atomic E-state index is 12.8. The summed E-state index contributed by atoms with van der Waals surface area (Å²) in [5, 5.41) is 15.4. The molecule has 9 nitrogen and oxygen atoms in total. The monoisotopic (exact) mass is 480 g/mol. The molecular weight excluding hydrogens is 457 g/mol. The first-order chi connectivity index (χ1) is 15.7. The predicted molar refractivity (Wildman–Crippen MR) is 118 cm³/mol. The minimum atomic E-state index is -5.20. The molecule has 1 aromatic heterocycles. The second-order valence-corrected chi connectivity index (χ2v) is 8.13. The number of nitrogens with zero attached hydrogens (tertiary/aromatic N) is 2. The van der Waals surface area contributed by atoms with Crippen molar-refractivity contribution in [1.29, 1.82) is 0 Å². The summed E-state index contributed by atoms with van der Waals surface area (Å²) in [6.45, 7) is 8.73. The van der Waals surface area contributed by atoms with Crippen molar-refractivity contribution < 1.29 is 32.4 Å². The maximum absolute atomic E-state index is 12.8. The van der Waals surface area contributed by atoms with E-state index in [2.05, 4.69) is 16.9 Å². The van der Waals surface area contributed by atoms with E-state index in [1.807, 2.05) is 0 Å². The Morgan fingerprint density at radius 1 is 1.24 bits per heavy atom. The van der Waals surface area contributed by atoms with Crippen molar-refractivity contribution in [3.05, 3.63) is 65.0 Å². The van der Waals surface area contributed by atoms with Gasteiger partial charge in [-0.25, -0.2) is 4.79 Å². The third-order valence-electron chi connectivity index (χ3n) is 4.26. The number of nitrogens with one attached hydrogen (secondary N) is 2. The molecule has 12 heteroatoms. The van der Waals surface area contributed by atoms with Crippen LogP contribution in [0.4, 0.5) is 29.3 Å². The average Bonchev–Trinajstić information content (AvgIpc) is 2.71. The smallest absolute Gasteiger partial charge is 0.444 e. The third-order valence-corrected chi connectivity index (χ3v) is 4.26. The number of hydrogen-bond acceptors (Lipinski definition) is 6. The molecule has 1 heterocycles. The van der Waals surface area contributed by atoms with Crippen LogP contribution in [-0.2, 0) is 9.53 Å². The molecular formula is C22H23F3N4O5. The molecule has 0 spiro atoms. The summed E-state index contributed by atoms with van der Waals surface area (Å²) >= 11 is 0. The van der Waals surface area contributed by atoms with Crippen molar-refractivity contribution in [2.75, 3.05) is 5.32 Å². The van der Waals surface area contributed by atoms with E-state index in [0.29, 0.717) is 11.3 Å². The van der Waals surface area contributed by atoms with E-state index < -0.39 is 46.1 Å². The van der Waals surface area contributed by atoms with Gasteiger partial charge in [0.05, 0.1) is 22.3 Å². The molecule has 182 valence electrons. The summed E-state index contributed by atoms with van der Waals surface area (Å²) in [6.07, 6.45) is -2.75. The molecule has 1 atom stereocenters. The normalized spacial score (nSPS) is 12.4. The lowest BCUT2D eigenvalue weighted by Crippen LogP contribution is -2.35. The molecule has 0 aliphatic carbocycles. The fraction of sp³-hybridized carbons (Fsp3) is 0.318. The van der Waals surface area contributed by atoms with Gasteiger partial charge in [-0.15, -0.1) is 6.58 Å². The van der Waals surface area contributed by atoms with E-state index in [1.54, 1.807) is 26.1 Å². The lowest BCUT2D eigenvalue weighted by Gasteiger charge is -2.23. The van der Waals surface area contributed by atoms with Gasteiger partial charge in [-0.05, 0) is 51.0 Å². The van der Waals surface area contributed by atoms with Gasteiger partial charge in [-0.1, -0.05) is 6.08 Å². The predicted octanol–water partition coefficient (Wildman–Crippen LogP) is 5.30. The Kier molecular flexibility index (Phi) is 7.98. The topological polar surface area (TPSA) is 123 Å². The molecule has 0 saturated heterocycles. The highest BCUT2D eigenvalue weighted by molar-refractivity contribution is 5.99. The van der Waals surface area contributed by atoms with E-state index in [0.717, 1.165) is 12.1 Å². The molecule has 2 amide bonds. The van der Waals surface area contributed by atoms with Crippen LogP contribution in [0, 0.1) is 10.1 Å². The van der Waals surface area contributed by atoms with Crippen LogP contribution in [0.15, 0.2) is 49.2 Å². The number of anilines is 1. The Balaban J connectivity index is 2.48. The van der Waals surface area contributed by atoms with Gasteiger partial charge in [0.15, 0.2) is 0 Å². The van der Waals surface area contributed by atoms with E-state index in [1.165, 1.54) is 30.5 Å². The second kappa shape index (κ2) is 10.3. The highest BCUT2D eigenvalue weighted by Crippen LogP contribution is 2.34. The number of non-ortho nitro benzene ring substituents is 1. The Hall–Kier alpha value is -3.96. The number of ether oxygens (including phenoxy) is 1. The number of halogens is 3. The summed E-state index contributed by atoms with van der Waals surface area (Å²) in [7, 11) is 0. The minimum Gasteiger partial charge on any atom is -0.444 e. The van der Waals surface area contributed by atoms with Crippen molar-refractivity contribution in [3.63, 3.8) is 0 Å². The minimum absolute atomic E-state index is 0.0847. The average molecular weight is 480 g/mol. The Bertz CT molecular complexity index is 1100. The van der Waals surface area contributed by atoms with Crippen LogP contribution >= 0.6 is 0 Å². The summed E-state index contributed by atoms with van der Waals surface area (Å²) < 4.78 is 43.7. The van der Waals surface area contributed by atoms with E-state index >= 15 is 0 Å². The van der Waals surface area contributed by atoms with Crippen molar-refractivity contribution in [2.24, 2.45) is 0 Å². The van der Waals surface area contributed by atoms with Crippen molar-refractivity contribution in [1.82, 2.24) is 10.3 Å². The number of benzene rings is 1. The zero-order valence-electron chi connectivity index (χ0n) is 18.6. The number of rotatable bonds is 7. The Labute approximate surface area is 193 Å². The molecule has 34 heavy (non-hydrogen) atoms. The van der Waals surface area contributed by atoms with Gasteiger partial charge in [0.1, 0.15) is 5.60 Å². The number of alkyl halides is 3. The van der Waals surface area contributed by atoms with Gasteiger partial charge in [0.2, 0.25) is 0 Å². The second-order valence-electron chi connectivity index (χ2n) is 8.13. The lowest BCUT2D eigenvalue weighted by molar-refractivity contribution is -0.384. The van der Waals surface area contributed by atoms with Crippen LogP contribution in [0.3, 0.4) is 0 Å². The fourth-order valence-electron chi connectivity index (χ4n) is 2.87. The number of pyridine rings is 1. The number of nitro benzene ring substituents is 1. The molecule has 0 unspecified atom stereocenters. The summed E-state index contributed by atoms with van der Waals surface area (Å²) in [6, 6.07) is 5.39. The van der Waals surface area contributed by atoms with Gasteiger partial charge in [0, 0.05) is 23.9 Å². The molecule has 0 aliphatic heterocycles. The molecule has 0 aliphatic rings. The molecule has 1 aromatic carbocycles. The molecule has 0 saturated carbocycles. The number of carbonyl (C=O) groups is 2. The SMILES string of the molecule is C=CC[C@H](NC(=O)OC(C)(C)C)c1cc(-c2ccc([N+](=O)[O-])cc2NC(=O)C(F)(F)F)ccn1. The third kappa shape index (κ3) is 7.29. The first-order valence-electron chi connectivity index (χ1n) is 9.94. The zero-order valence-corrected chi connectivity index (χ0v) is 18.6. The van der Waals surface area contributed by atoms with E-state index in [-0.39, 0.29) is 12.0 Å². The number of aromatic nitrogens is 1. The van der Waals surface area contributed by atoms with Gasteiger partial charge >= 0.3 is 18.2 Å². The van der Waals surface area contributed by atoms with E-state index in [4.69, 9.17) is 4.74 Å². The number of amides is 2. The Morgan fingerprint density at radius 2 is 1.91 bits per heavy atom. The highest BCUT2D eigenvalue weighted by atomic mass is 19.4. The van der Waals surface area contributed by atoms with Crippen LogP contribution in [0.2, 0.25) is 0 Å². The summed E-state index contributed by atoms with van der Waals surface area (Å²) in [5.41, 5.74) is -0.947. The summed E-state index contributed by atoms with van der Waals surface area (Å²) in [4.78, 5) is 38.3. The first-order valence-corrected chi connectivity index (χ1v) is 9.94. The zero-order chi connectivity index (χ0) is 25.7. The largest absolute Gasteiger partial charge is 0.471 e. The number of alkyl carbamates (subject to hydrolysis) is 1. The molecule has 2 aromatic rings. The quantitative estimate of drug-likeness (QED) is 0.315. The van der Waals surface area contributed by atoms with Gasteiger partial charge in [0.25, 0.3) is 5.69 Å². The highest BCUT2D eigenvalue weighted by Gasteiger charge is 2.39. The summed E-state index contributed by atoms with van der Waals surface area (Å²) in [5.74, 6) is -2.28. The molecule has 2 rings (SSSR count). The Morgan fingerprint density at radius 3 is 2.47 bits per heavy atom. The van der Waals surface area contributed by atoms with Gasteiger partial charge in [-0.3, -0.25) is 19.9 Å². The van der Waals surface area contributed by atoms with Gasteiger partial charge < -0.3 is 15.4 Å². The number of carbonyl (C=O) groups excluding carboxylic acids is 2. The molecule has 0 fully saturated rings. The number of hydrogen-bond donors (Lipinski definition) is 2. The van der Waals surface area contributed by atoms with Crippen LogP contribution in [-0.4, -0.2) is 33.7 Å². The van der Waals surface area contributed by atoms with Crippen molar-refractivity contribution in [2.45, 2.75) is 45.0 Å². The fourth-order valence-corrected chi connectivity index (χ4v) is 2.87. The van der Waals surface area contributed by atoms with Crippen LogP contribution < -0.4 is 10.6 Å². The van der Waals surface area contributed by atoms with Gasteiger partial charge in [-0.2, -0.15) is 13.2 Å². The molecule has 2 N–H and O–H groups in total. The van der Waals surface area contributed by atoms with E-state index in [9.17, 15) is 32.9 Å².